The molecule has 0 saturated carbocycles. The number of pyridine rings is 1. The first-order valence-corrected chi connectivity index (χ1v) is 4.95. The molecule has 1 saturated heterocycles. The third-order valence-corrected chi connectivity index (χ3v) is 2.57. The number of aryl methyl sites for hydroxylation is 1. The molecule has 2 heterocycles. The summed E-state index contributed by atoms with van der Waals surface area (Å²) in [5, 5.41) is 3.88. The lowest BCUT2D eigenvalue weighted by molar-refractivity contribution is 0.346. The van der Waals surface area contributed by atoms with Crippen LogP contribution in [0.1, 0.15) is 11.3 Å². The fourth-order valence-electron chi connectivity index (χ4n) is 1.64. The number of rotatable bonds is 2. The normalized spacial score (nSPS) is 17.1. The van der Waals surface area contributed by atoms with Gasteiger partial charge in [-0.25, -0.2) is 4.98 Å². The Hall–Kier alpha value is -0.600. The molecule has 0 bridgehead atoms. The molecule has 0 atom stereocenters. The minimum Gasteiger partial charge on any atom is -0.316 e. The van der Waals surface area contributed by atoms with Gasteiger partial charge in [0.05, 0.1) is 0 Å². The standard InChI is InChI=1S/C10H13ClN2/c1-7-2-8(4-10(11)13-7)3-9-5-12-6-9/h2,4,9,12H,3,5-6H2,1H3. The average Bonchev–Trinajstić information content (AvgIpc) is 1.95. The van der Waals surface area contributed by atoms with Crippen LogP contribution in [0.2, 0.25) is 5.15 Å². The Morgan fingerprint density at radius 3 is 2.85 bits per heavy atom. The highest BCUT2D eigenvalue weighted by Gasteiger charge is 2.17. The fraction of sp³-hybridized carbons (Fsp3) is 0.500. The fourth-order valence-corrected chi connectivity index (χ4v) is 1.91. The van der Waals surface area contributed by atoms with Crippen molar-refractivity contribution in [1.29, 1.82) is 0 Å². The Morgan fingerprint density at radius 1 is 1.54 bits per heavy atom. The molecule has 1 aromatic rings. The number of hydrogen-bond acceptors (Lipinski definition) is 2. The van der Waals surface area contributed by atoms with Crippen LogP contribution in [0.4, 0.5) is 0 Å². The SMILES string of the molecule is Cc1cc(CC2CNC2)cc(Cl)n1. The van der Waals surface area contributed by atoms with Crippen LogP contribution in [0, 0.1) is 12.8 Å². The van der Waals surface area contributed by atoms with Crippen molar-refractivity contribution in [2.75, 3.05) is 13.1 Å². The molecular formula is C10H13ClN2. The lowest BCUT2D eigenvalue weighted by atomic mass is 9.95. The van der Waals surface area contributed by atoms with Crippen LogP contribution in [0.3, 0.4) is 0 Å². The molecule has 0 aliphatic carbocycles. The zero-order valence-corrected chi connectivity index (χ0v) is 8.43. The van der Waals surface area contributed by atoms with Gasteiger partial charge in [-0.1, -0.05) is 11.6 Å². The second-order valence-electron chi connectivity index (χ2n) is 3.67. The highest BCUT2D eigenvalue weighted by atomic mass is 35.5. The molecule has 70 valence electrons. The Kier molecular flexibility index (Phi) is 2.51. The number of aromatic nitrogens is 1. The average molecular weight is 197 g/mol. The summed E-state index contributed by atoms with van der Waals surface area (Å²) in [6.45, 7) is 4.26. The first-order chi connectivity index (χ1) is 6.24. The zero-order chi connectivity index (χ0) is 9.26. The predicted octanol–water partition coefficient (Wildman–Crippen LogP) is 1.81. The summed E-state index contributed by atoms with van der Waals surface area (Å²) in [7, 11) is 0. The molecule has 1 aliphatic heterocycles. The van der Waals surface area contributed by atoms with Gasteiger partial charge in [-0.05, 0) is 50.0 Å². The Labute approximate surface area is 83.3 Å². The Morgan fingerprint density at radius 2 is 2.31 bits per heavy atom. The third kappa shape index (κ3) is 2.20. The van der Waals surface area contributed by atoms with Gasteiger partial charge in [0.1, 0.15) is 5.15 Å². The van der Waals surface area contributed by atoms with Gasteiger partial charge in [-0.3, -0.25) is 0 Å². The van der Waals surface area contributed by atoms with E-state index in [9.17, 15) is 0 Å². The van der Waals surface area contributed by atoms with E-state index in [2.05, 4.69) is 16.4 Å². The molecule has 3 heteroatoms. The first kappa shape index (κ1) is 8.97. The second kappa shape index (κ2) is 3.64. The monoisotopic (exact) mass is 196 g/mol. The maximum atomic E-state index is 5.87. The summed E-state index contributed by atoms with van der Waals surface area (Å²) < 4.78 is 0. The van der Waals surface area contributed by atoms with E-state index in [1.807, 2.05) is 13.0 Å². The molecule has 0 amide bonds. The van der Waals surface area contributed by atoms with E-state index >= 15 is 0 Å². The van der Waals surface area contributed by atoms with Crippen molar-refractivity contribution >= 4 is 11.6 Å². The maximum Gasteiger partial charge on any atom is 0.129 e. The molecule has 0 spiro atoms. The molecule has 0 aromatic carbocycles. The van der Waals surface area contributed by atoms with Gasteiger partial charge in [-0.2, -0.15) is 0 Å². The molecule has 1 aromatic heterocycles. The van der Waals surface area contributed by atoms with E-state index in [0.717, 1.165) is 31.1 Å². The number of hydrogen-bond donors (Lipinski definition) is 1. The van der Waals surface area contributed by atoms with Crippen LogP contribution >= 0.6 is 11.6 Å². The van der Waals surface area contributed by atoms with Crippen LogP contribution in [0.5, 0.6) is 0 Å². The number of nitrogens with one attached hydrogen (secondary N) is 1. The van der Waals surface area contributed by atoms with Crippen LogP contribution in [-0.2, 0) is 6.42 Å². The Bertz CT molecular complexity index is 288. The first-order valence-electron chi connectivity index (χ1n) is 4.58. The van der Waals surface area contributed by atoms with Crippen molar-refractivity contribution in [3.63, 3.8) is 0 Å². The van der Waals surface area contributed by atoms with E-state index in [4.69, 9.17) is 11.6 Å². The van der Waals surface area contributed by atoms with E-state index < -0.39 is 0 Å². The minimum atomic E-state index is 0.613. The van der Waals surface area contributed by atoms with Crippen molar-refractivity contribution in [3.8, 4) is 0 Å². The van der Waals surface area contributed by atoms with E-state index in [0.29, 0.717) is 5.15 Å². The summed E-state index contributed by atoms with van der Waals surface area (Å²) in [5.74, 6) is 0.790. The maximum absolute atomic E-state index is 5.87. The van der Waals surface area contributed by atoms with Crippen molar-refractivity contribution in [1.82, 2.24) is 10.3 Å². The van der Waals surface area contributed by atoms with Gasteiger partial charge >= 0.3 is 0 Å². The predicted molar refractivity (Wildman–Crippen MR) is 54.0 cm³/mol. The molecule has 0 radical (unpaired) electrons. The van der Waals surface area contributed by atoms with Gasteiger partial charge in [0.15, 0.2) is 0 Å². The molecule has 0 unspecified atom stereocenters. The number of halogens is 1. The topological polar surface area (TPSA) is 24.9 Å². The van der Waals surface area contributed by atoms with E-state index in [-0.39, 0.29) is 0 Å². The molecule has 1 aliphatic rings. The smallest absolute Gasteiger partial charge is 0.129 e. The van der Waals surface area contributed by atoms with E-state index in [1.54, 1.807) is 0 Å². The molecule has 13 heavy (non-hydrogen) atoms. The van der Waals surface area contributed by atoms with Crippen molar-refractivity contribution in [2.45, 2.75) is 13.3 Å². The van der Waals surface area contributed by atoms with Gasteiger partial charge in [0.2, 0.25) is 0 Å². The summed E-state index contributed by atoms with van der Waals surface area (Å²) in [5.41, 5.74) is 2.32. The second-order valence-corrected chi connectivity index (χ2v) is 4.06. The zero-order valence-electron chi connectivity index (χ0n) is 7.68. The lowest BCUT2D eigenvalue weighted by Crippen LogP contribution is -2.43. The molecule has 2 rings (SSSR count). The van der Waals surface area contributed by atoms with Crippen molar-refractivity contribution < 1.29 is 0 Å². The minimum absolute atomic E-state index is 0.613. The van der Waals surface area contributed by atoms with E-state index in [1.165, 1.54) is 5.56 Å². The van der Waals surface area contributed by atoms with Crippen LogP contribution in [0.15, 0.2) is 12.1 Å². The van der Waals surface area contributed by atoms with Crippen LogP contribution in [-0.4, -0.2) is 18.1 Å². The highest BCUT2D eigenvalue weighted by Crippen LogP contribution is 2.16. The van der Waals surface area contributed by atoms with Crippen LogP contribution in [0.25, 0.3) is 0 Å². The van der Waals surface area contributed by atoms with Gasteiger partial charge in [-0.15, -0.1) is 0 Å². The van der Waals surface area contributed by atoms with Gasteiger partial charge < -0.3 is 5.32 Å². The van der Waals surface area contributed by atoms with Crippen molar-refractivity contribution in [3.05, 3.63) is 28.5 Å². The quantitative estimate of drug-likeness (QED) is 0.730. The van der Waals surface area contributed by atoms with Gasteiger partial charge in [0.25, 0.3) is 0 Å². The molecule has 1 fully saturated rings. The Balaban J connectivity index is 2.10. The van der Waals surface area contributed by atoms with Crippen molar-refractivity contribution in [2.24, 2.45) is 5.92 Å². The number of nitrogens with zero attached hydrogens (tertiary/aromatic N) is 1. The lowest BCUT2D eigenvalue weighted by Gasteiger charge is -2.27. The van der Waals surface area contributed by atoms with Crippen LogP contribution < -0.4 is 5.32 Å². The summed E-state index contributed by atoms with van der Waals surface area (Å²) in [6, 6.07) is 4.08. The molecule has 2 nitrogen and oxygen atoms in total. The summed E-state index contributed by atoms with van der Waals surface area (Å²) >= 11 is 5.87. The summed E-state index contributed by atoms with van der Waals surface area (Å²) in [6.07, 6.45) is 1.12. The highest BCUT2D eigenvalue weighted by molar-refractivity contribution is 6.29. The molecule has 1 N–H and O–H groups in total. The molecular weight excluding hydrogens is 184 g/mol. The third-order valence-electron chi connectivity index (χ3n) is 2.37. The van der Waals surface area contributed by atoms with Gasteiger partial charge in [0, 0.05) is 5.69 Å². The summed E-state index contributed by atoms with van der Waals surface area (Å²) in [4.78, 5) is 4.14. The largest absolute Gasteiger partial charge is 0.316 e.